The Kier molecular flexibility index (Phi) is 6.25. The predicted molar refractivity (Wildman–Crippen MR) is 130 cm³/mol. The van der Waals surface area contributed by atoms with Crippen LogP contribution < -0.4 is 5.32 Å². The summed E-state index contributed by atoms with van der Waals surface area (Å²) in [5, 5.41) is 16.6. The predicted octanol–water partition coefficient (Wildman–Crippen LogP) is 5.46. The number of aromatic nitrogens is 3. The van der Waals surface area contributed by atoms with Gasteiger partial charge in [-0.05, 0) is 54.1 Å². The minimum atomic E-state index is -0.329. The number of amides is 1. The fourth-order valence-electron chi connectivity index (χ4n) is 3.84. The SMILES string of the molecule is CC(Sc1nnc(-c2cccs2)n1CC1CCCO1)C(=O)Nc1ccc2ccccc2c1. The van der Waals surface area contributed by atoms with E-state index in [2.05, 4.69) is 26.1 Å². The van der Waals surface area contributed by atoms with Crippen LogP contribution in [0.5, 0.6) is 0 Å². The first-order valence-electron chi connectivity index (χ1n) is 10.7. The quantitative estimate of drug-likeness (QED) is 0.368. The van der Waals surface area contributed by atoms with E-state index in [1.54, 1.807) is 11.3 Å². The summed E-state index contributed by atoms with van der Waals surface area (Å²) in [5.74, 6) is 0.773. The lowest BCUT2D eigenvalue weighted by atomic mass is 10.1. The van der Waals surface area contributed by atoms with Crippen molar-refractivity contribution in [3.8, 4) is 10.7 Å². The first-order valence-corrected chi connectivity index (χ1v) is 12.5. The van der Waals surface area contributed by atoms with Gasteiger partial charge in [-0.15, -0.1) is 21.5 Å². The molecule has 2 aromatic heterocycles. The number of fused-ring (bicyclic) bond motifs is 1. The minimum Gasteiger partial charge on any atom is -0.376 e. The fourth-order valence-corrected chi connectivity index (χ4v) is 5.42. The van der Waals surface area contributed by atoms with Gasteiger partial charge in [-0.1, -0.05) is 48.2 Å². The highest BCUT2D eigenvalue weighted by Crippen LogP contribution is 2.31. The van der Waals surface area contributed by atoms with E-state index in [0.717, 1.165) is 51.8 Å². The Morgan fingerprint density at radius 2 is 2.09 bits per heavy atom. The average Bonchev–Trinajstić information content (AvgIpc) is 3.57. The first kappa shape index (κ1) is 21.2. The van der Waals surface area contributed by atoms with Crippen LogP contribution in [0.3, 0.4) is 0 Å². The molecule has 0 saturated carbocycles. The highest BCUT2D eigenvalue weighted by Gasteiger charge is 2.25. The maximum Gasteiger partial charge on any atom is 0.237 e. The lowest BCUT2D eigenvalue weighted by Gasteiger charge is -2.16. The molecule has 1 N–H and O–H groups in total. The van der Waals surface area contributed by atoms with Gasteiger partial charge in [-0.2, -0.15) is 0 Å². The number of thioether (sulfide) groups is 1. The first-order chi connectivity index (χ1) is 15.7. The van der Waals surface area contributed by atoms with Crippen molar-refractivity contribution in [1.29, 1.82) is 0 Å². The third-order valence-corrected chi connectivity index (χ3v) is 7.48. The Morgan fingerprint density at radius 3 is 2.88 bits per heavy atom. The summed E-state index contributed by atoms with van der Waals surface area (Å²) >= 11 is 3.07. The molecule has 1 aliphatic rings. The molecule has 4 aromatic rings. The van der Waals surface area contributed by atoms with Crippen molar-refractivity contribution in [2.45, 2.75) is 42.8 Å². The zero-order chi connectivity index (χ0) is 21.9. The molecule has 32 heavy (non-hydrogen) atoms. The Morgan fingerprint density at radius 1 is 1.22 bits per heavy atom. The second-order valence-corrected chi connectivity index (χ2v) is 10.1. The summed E-state index contributed by atoms with van der Waals surface area (Å²) in [4.78, 5) is 14.0. The van der Waals surface area contributed by atoms with Crippen molar-refractivity contribution >= 4 is 45.5 Å². The van der Waals surface area contributed by atoms with E-state index in [9.17, 15) is 4.79 Å². The number of rotatable bonds is 7. The number of anilines is 1. The molecule has 0 spiro atoms. The Balaban J connectivity index is 1.33. The van der Waals surface area contributed by atoms with E-state index in [1.807, 2.05) is 60.8 Å². The van der Waals surface area contributed by atoms with E-state index in [0.29, 0.717) is 6.54 Å². The van der Waals surface area contributed by atoms with Gasteiger partial charge in [-0.25, -0.2) is 0 Å². The normalized spacial score (nSPS) is 17.0. The topological polar surface area (TPSA) is 69.0 Å². The highest BCUT2D eigenvalue weighted by atomic mass is 32.2. The molecule has 1 amide bonds. The second kappa shape index (κ2) is 9.44. The Bertz CT molecular complexity index is 1220. The van der Waals surface area contributed by atoms with Crippen molar-refractivity contribution < 1.29 is 9.53 Å². The van der Waals surface area contributed by atoms with Gasteiger partial charge < -0.3 is 10.1 Å². The van der Waals surface area contributed by atoms with Crippen molar-refractivity contribution in [3.63, 3.8) is 0 Å². The summed E-state index contributed by atoms with van der Waals surface area (Å²) in [5.41, 5.74) is 0.793. The number of carbonyl (C=O) groups excluding carboxylic acids is 1. The highest BCUT2D eigenvalue weighted by molar-refractivity contribution is 8.00. The average molecular weight is 465 g/mol. The number of nitrogens with zero attached hydrogens (tertiary/aromatic N) is 3. The largest absolute Gasteiger partial charge is 0.376 e. The van der Waals surface area contributed by atoms with Gasteiger partial charge in [0, 0.05) is 12.3 Å². The van der Waals surface area contributed by atoms with Gasteiger partial charge in [0.25, 0.3) is 0 Å². The van der Waals surface area contributed by atoms with Crippen LogP contribution in [0.25, 0.3) is 21.5 Å². The second-order valence-electron chi connectivity index (χ2n) is 7.84. The third kappa shape index (κ3) is 4.57. The van der Waals surface area contributed by atoms with Crippen LogP contribution in [0.1, 0.15) is 19.8 Å². The zero-order valence-corrected chi connectivity index (χ0v) is 19.4. The number of hydrogen-bond acceptors (Lipinski definition) is 6. The van der Waals surface area contributed by atoms with Gasteiger partial charge in [0.2, 0.25) is 5.91 Å². The summed E-state index contributed by atoms with van der Waals surface area (Å²) < 4.78 is 7.96. The molecule has 3 heterocycles. The molecule has 0 aliphatic carbocycles. The van der Waals surface area contributed by atoms with Crippen LogP contribution in [-0.2, 0) is 16.1 Å². The van der Waals surface area contributed by atoms with Crippen molar-refractivity contribution in [3.05, 3.63) is 60.0 Å². The van der Waals surface area contributed by atoms with Crippen molar-refractivity contribution in [1.82, 2.24) is 14.8 Å². The van der Waals surface area contributed by atoms with Gasteiger partial charge in [0.15, 0.2) is 11.0 Å². The maximum atomic E-state index is 12.9. The van der Waals surface area contributed by atoms with Crippen LogP contribution in [-0.4, -0.2) is 38.6 Å². The lowest BCUT2D eigenvalue weighted by molar-refractivity contribution is -0.115. The van der Waals surface area contributed by atoms with Gasteiger partial charge in [0.1, 0.15) is 0 Å². The molecule has 2 atom stereocenters. The van der Waals surface area contributed by atoms with Crippen molar-refractivity contribution in [2.24, 2.45) is 0 Å². The smallest absolute Gasteiger partial charge is 0.237 e. The van der Waals surface area contributed by atoms with E-state index < -0.39 is 0 Å². The molecule has 0 bridgehead atoms. The molecule has 5 rings (SSSR count). The molecule has 0 radical (unpaired) electrons. The Labute approximate surface area is 195 Å². The van der Waals surface area contributed by atoms with Crippen molar-refractivity contribution in [2.75, 3.05) is 11.9 Å². The fraction of sp³-hybridized carbons (Fsp3) is 0.292. The third-order valence-electron chi connectivity index (χ3n) is 5.54. The van der Waals surface area contributed by atoms with E-state index in [-0.39, 0.29) is 17.3 Å². The molecule has 1 aliphatic heterocycles. The number of ether oxygens (including phenoxy) is 1. The van der Waals surface area contributed by atoms with Crippen LogP contribution in [0.2, 0.25) is 0 Å². The molecule has 6 nitrogen and oxygen atoms in total. The molecule has 1 saturated heterocycles. The standard InChI is InChI=1S/C24H24N4O2S2/c1-16(23(29)25-19-11-10-17-6-2-3-7-18(17)14-19)32-24-27-26-22(21-9-5-13-31-21)28(24)15-20-8-4-12-30-20/h2-3,5-7,9-11,13-14,16,20H,4,8,12,15H2,1H3,(H,25,29). The van der Waals surface area contributed by atoms with E-state index >= 15 is 0 Å². The molecule has 1 fully saturated rings. The van der Waals surface area contributed by atoms with Gasteiger partial charge in [0.05, 0.1) is 22.8 Å². The minimum absolute atomic E-state index is 0.0605. The summed E-state index contributed by atoms with van der Waals surface area (Å²) in [7, 11) is 0. The number of carbonyl (C=O) groups is 1. The molecule has 2 unspecified atom stereocenters. The summed E-state index contributed by atoms with van der Waals surface area (Å²) in [6, 6.07) is 18.1. The molecular formula is C24H24N4O2S2. The lowest BCUT2D eigenvalue weighted by Crippen LogP contribution is -2.23. The van der Waals surface area contributed by atoms with Crippen LogP contribution in [0.15, 0.2) is 65.1 Å². The zero-order valence-electron chi connectivity index (χ0n) is 17.7. The molecule has 164 valence electrons. The number of hydrogen-bond donors (Lipinski definition) is 1. The molecular weight excluding hydrogens is 440 g/mol. The van der Waals surface area contributed by atoms with E-state index in [4.69, 9.17) is 4.74 Å². The number of nitrogens with one attached hydrogen (secondary N) is 1. The monoisotopic (exact) mass is 464 g/mol. The summed E-state index contributed by atoms with van der Waals surface area (Å²) in [6.45, 7) is 3.40. The number of benzene rings is 2. The molecule has 8 heteroatoms. The molecule has 2 aromatic carbocycles. The van der Waals surface area contributed by atoms with Crippen LogP contribution in [0.4, 0.5) is 5.69 Å². The van der Waals surface area contributed by atoms with Crippen LogP contribution in [0, 0.1) is 0 Å². The van der Waals surface area contributed by atoms with E-state index in [1.165, 1.54) is 11.8 Å². The maximum absolute atomic E-state index is 12.9. The number of thiophene rings is 1. The van der Waals surface area contributed by atoms with Gasteiger partial charge in [-0.3, -0.25) is 9.36 Å². The van der Waals surface area contributed by atoms with Crippen LogP contribution >= 0.6 is 23.1 Å². The summed E-state index contributed by atoms with van der Waals surface area (Å²) in [6.07, 6.45) is 2.27. The van der Waals surface area contributed by atoms with Gasteiger partial charge >= 0.3 is 0 Å². The Hall–Kier alpha value is -2.68.